The number of carboxylic acid groups (broad SMARTS) is 1. The van der Waals surface area contributed by atoms with E-state index in [2.05, 4.69) is 0 Å². The van der Waals surface area contributed by atoms with Crippen molar-refractivity contribution in [3.63, 3.8) is 0 Å². The Morgan fingerprint density at radius 3 is 2.69 bits per heavy atom. The van der Waals surface area contributed by atoms with Gasteiger partial charge in [0.2, 0.25) is 0 Å². The van der Waals surface area contributed by atoms with E-state index in [0.717, 1.165) is 0 Å². The van der Waals surface area contributed by atoms with Gasteiger partial charge >= 0.3 is 5.97 Å². The fraction of sp³-hybridized carbons (Fsp3) is 0.583. The molecule has 1 aliphatic rings. The van der Waals surface area contributed by atoms with Gasteiger partial charge in [0.15, 0.2) is 0 Å². The smallest absolute Gasteiger partial charge is 0.307 e. The normalized spacial score (nSPS) is 26.4. The zero-order valence-corrected chi connectivity index (χ0v) is 9.47. The summed E-state index contributed by atoms with van der Waals surface area (Å²) < 4.78 is 5.06. The van der Waals surface area contributed by atoms with Crippen molar-refractivity contribution in [1.82, 2.24) is 0 Å². The van der Waals surface area contributed by atoms with E-state index in [4.69, 9.17) is 9.84 Å². The van der Waals surface area contributed by atoms with Gasteiger partial charge in [-0.25, -0.2) is 4.79 Å². The minimum absolute atomic E-state index is 0.0789. The monoisotopic (exact) mass is 224 g/mol. The maximum absolute atomic E-state index is 10.8. The molecule has 0 aromatic heterocycles. The van der Waals surface area contributed by atoms with Crippen molar-refractivity contribution in [1.29, 1.82) is 0 Å². The number of ether oxygens (including phenoxy) is 1. The van der Waals surface area contributed by atoms with Gasteiger partial charge in [-0.15, -0.1) is 0 Å². The summed E-state index contributed by atoms with van der Waals surface area (Å²) in [5.41, 5.74) is -0.162. The molecule has 0 aromatic rings. The first-order chi connectivity index (χ1) is 7.51. The molecule has 16 heavy (non-hydrogen) atoms. The third-order valence-corrected chi connectivity index (χ3v) is 3.02. The van der Waals surface area contributed by atoms with Gasteiger partial charge in [0.1, 0.15) is 5.94 Å². The van der Waals surface area contributed by atoms with Crippen LogP contribution in [0.4, 0.5) is 0 Å². The molecule has 0 bridgehead atoms. The Bertz CT molecular complexity index is 337. The average Bonchev–Trinajstić information content (AvgIpc) is 2.74. The van der Waals surface area contributed by atoms with Crippen LogP contribution < -0.4 is 0 Å². The van der Waals surface area contributed by atoms with Crippen LogP contribution in [-0.4, -0.2) is 30.2 Å². The third kappa shape index (κ3) is 2.81. The summed E-state index contributed by atoms with van der Waals surface area (Å²) in [5.74, 6) is 0.653. The summed E-state index contributed by atoms with van der Waals surface area (Å²) in [6, 6.07) is 0. The number of hydrogen-bond acceptors (Lipinski definition) is 3. The first kappa shape index (κ1) is 12.7. The lowest BCUT2D eigenvalue weighted by molar-refractivity contribution is -0.139. The molecule has 0 spiro atoms. The van der Waals surface area contributed by atoms with Crippen molar-refractivity contribution in [2.75, 3.05) is 13.2 Å². The summed E-state index contributed by atoms with van der Waals surface area (Å²) in [4.78, 5) is 20.7. The second-order valence-corrected chi connectivity index (χ2v) is 4.45. The number of allylic oxidation sites excluding steroid dienone is 1. The third-order valence-electron chi connectivity index (χ3n) is 3.02. The van der Waals surface area contributed by atoms with Crippen LogP contribution in [0.2, 0.25) is 0 Å². The highest BCUT2D eigenvalue weighted by atomic mass is 16.5. The van der Waals surface area contributed by atoms with Gasteiger partial charge in [0.25, 0.3) is 0 Å². The molecule has 1 saturated carbocycles. The van der Waals surface area contributed by atoms with E-state index in [9.17, 15) is 9.59 Å². The summed E-state index contributed by atoms with van der Waals surface area (Å²) in [7, 11) is 0. The van der Waals surface area contributed by atoms with Crippen molar-refractivity contribution < 1.29 is 19.4 Å². The van der Waals surface area contributed by atoms with Gasteiger partial charge in [-0.05, 0) is 11.3 Å². The predicted octanol–water partition coefficient (Wildman–Crippen LogP) is 1.30. The molecule has 2 atom stereocenters. The van der Waals surface area contributed by atoms with E-state index >= 15 is 0 Å². The minimum atomic E-state index is -0.746. The van der Waals surface area contributed by atoms with Crippen molar-refractivity contribution in [3.05, 3.63) is 18.2 Å². The largest absolute Gasteiger partial charge is 0.481 e. The summed E-state index contributed by atoms with van der Waals surface area (Å²) >= 11 is 0. The van der Waals surface area contributed by atoms with Crippen LogP contribution in [0, 0.1) is 17.3 Å². The highest BCUT2D eigenvalue weighted by Gasteiger charge is 2.60. The molecule has 0 aliphatic heterocycles. The first-order valence-electron chi connectivity index (χ1n) is 5.18. The fourth-order valence-electron chi connectivity index (χ4n) is 1.94. The molecule has 1 rings (SSSR count). The Labute approximate surface area is 94.6 Å². The van der Waals surface area contributed by atoms with E-state index in [1.807, 2.05) is 19.9 Å². The Kier molecular flexibility index (Phi) is 4.05. The quantitative estimate of drug-likeness (QED) is 0.419. The molecule has 2 unspecified atom stereocenters. The molecular weight excluding hydrogens is 208 g/mol. The topological polar surface area (TPSA) is 63.6 Å². The second kappa shape index (κ2) is 5.10. The molecule has 0 amide bonds. The molecule has 0 aromatic carbocycles. The first-order valence-corrected chi connectivity index (χ1v) is 5.18. The maximum atomic E-state index is 10.8. The lowest BCUT2D eigenvalue weighted by Gasteiger charge is -1.96. The van der Waals surface area contributed by atoms with Crippen LogP contribution in [-0.2, 0) is 14.3 Å². The highest BCUT2D eigenvalue weighted by molar-refractivity contribution is 5.76. The summed E-state index contributed by atoms with van der Waals surface area (Å²) in [6.45, 7) is 4.51. The fourth-order valence-corrected chi connectivity index (χ4v) is 1.94. The Balaban J connectivity index is 2.31. The Morgan fingerprint density at radius 1 is 1.50 bits per heavy atom. The van der Waals surface area contributed by atoms with E-state index in [-0.39, 0.29) is 23.9 Å². The molecule has 4 heteroatoms. The molecule has 0 radical (unpaired) electrons. The van der Waals surface area contributed by atoms with Crippen LogP contribution >= 0.6 is 0 Å². The molecule has 1 aliphatic carbocycles. The molecule has 4 nitrogen and oxygen atoms in total. The zero-order valence-electron chi connectivity index (χ0n) is 9.47. The van der Waals surface area contributed by atoms with Crippen molar-refractivity contribution in [2.45, 2.75) is 13.8 Å². The van der Waals surface area contributed by atoms with E-state index in [0.29, 0.717) is 6.61 Å². The highest BCUT2D eigenvalue weighted by Crippen LogP contribution is 2.58. The molecular formula is C12H16O4. The molecule has 1 fully saturated rings. The number of hydrogen-bond donors (Lipinski definition) is 1. The predicted molar refractivity (Wildman–Crippen MR) is 58.6 cm³/mol. The minimum Gasteiger partial charge on any atom is -0.481 e. The number of aliphatic carboxylic acids is 1. The SMILES string of the molecule is CC1(C)C(C=CCOCC=C=O)C1C(=O)O. The van der Waals surface area contributed by atoms with Crippen LogP contribution in [0.3, 0.4) is 0 Å². The van der Waals surface area contributed by atoms with Crippen LogP contribution in [0.5, 0.6) is 0 Å². The van der Waals surface area contributed by atoms with Crippen molar-refractivity contribution in [3.8, 4) is 0 Å². The number of carbonyl (C=O) groups excluding carboxylic acids is 1. The Morgan fingerprint density at radius 2 is 2.19 bits per heavy atom. The van der Waals surface area contributed by atoms with Gasteiger partial charge in [-0.3, -0.25) is 4.79 Å². The number of carboxylic acids is 1. The number of rotatable bonds is 6. The van der Waals surface area contributed by atoms with Gasteiger partial charge in [-0.1, -0.05) is 26.0 Å². The molecule has 0 saturated heterocycles. The van der Waals surface area contributed by atoms with E-state index in [1.165, 1.54) is 6.08 Å². The van der Waals surface area contributed by atoms with E-state index in [1.54, 1.807) is 12.0 Å². The van der Waals surface area contributed by atoms with Gasteiger partial charge in [0, 0.05) is 6.08 Å². The van der Waals surface area contributed by atoms with Crippen molar-refractivity contribution in [2.24, 2.45) is 17.3 Å². The summed E-state index contributed by atoms with van der Waals surface area (Å²) in [6.07, 6.45) is 4.94. The van der Waals surface area contributed by atoms with E-state index < -0.39 is 5.97 Å². The molecule has 88 valence electrons. The van der Waals surface area contributed by atoms with Gasteiger partial charge < -0.3 is 9.84 Å². The molecule has 1 N–H and O–H groups in total. The second-order valence-electron chi connectivity index (χ2n) is 4.45. The lowest BCUT2D eigenvalue weighted by Crippen LogP contribution is -2.03. The van der Waals surface area contributed by atoms with Crippen molar-refractivity contribution >= 4 is 11.9 Å². The Hall–Kier alpha value is -1.38. The standard InChI is InChI=1S/C12H16O4/c1-12(2)9(10(12)11(14)15)5-3-7-16-8-4-6-13/h3-5,9-10H,7-8H2,1-2H3,(H,14,15). The van der Waals surface area contributed by atoms with Crippen LogP contribution in [0.25, 0.3) is 0 Å². The van der Waals surface area contributed by atoms with Crippen LogP contribution in [0.15, 0.2) is 18.2 Å². The van der Waals surface area contributed by atoms with Gasteiger partial charge in [-0.2, -0.15) is 0 Å². The molecule has 0 heterocycles. The average molecular weight is 224 g/mol. The maximum Gasteiger partial charge on any atom is 0.307 e. The summed E-state index contributed by atoms with van der Waals surface area (Å²) in [5, 5.41) is 8.92. The number of carbonyl (C=O) groups is 1. The van der Waals surface area contributed by atoms with Crippen LogP contribution in [0.1, 0.15) is 13.8 Å². The van der Waals surface area contributed by atoms with Gasteiger partial charge in [0.05, 0.1) is 19.1 Å². The lowest BCUT2D eigenvalue weighted by atomic mass is 10.1. The zero-order chi connectivity index (χ0) is 12.2.